The second-order valence-electron chi connectivity index (χ2n) is 10.9. The normalized spacial score (nSPS) is 23.8. The van der Waals surface area contributed by atoms with Crippen LogP contribution < -0.4 is 10.6 Å². The van der Waals surface area contributed by atoms with Gasteiger partial charge in [-0.3, -0.25) is 4.79 Å². The summed E-state index contributed by atoms with van der Waals surface area (Å²) >= 11 is 0. The molecule has 3 fully saturated rings. The molecule has 33 heavy (non-hydrogen) atoms. The lowest BCUT2D eigenvalue weighted by molar-refractivity contribution is -0.133. The Morgan fingerprint density at radius 2 is 1.61 bits per heavy atom. The van der Waals surface area contributed by atoms with Crippen LogP contribution in [0, 0.1) is 11.8 Å². The van der Waals surface area contributed by atoms with Gasteiger partial charge in [0.05, 0.1) is 11.4 Å². The number of nitrogens with one attached hydrogen (secondary N) is 2. The van der Waals surface area contributed by atoms with Gasteiger partial charge in [-0.15, -0.1) is 0 Å². The van der Waals surface area contributed by atoms with Gasteiger partial charge in [0.15, 0.2) is 0 Å². The quantitative estimate of drug-likeness (QED) is 0.373. The third-order valence-electron chi connectivity index (χ3n) is 8.55. The molecule has 4 rings (SSSR count). The highest BCUT2D eigenvalue weighted by molar-refractivity contribution is 5.77. The molecule has 4 heteroatoms. The molecule has 1 aromatic rings. The van der Waals surface area contributed by atoms with E-state index in [0.717, 1.165) is 36.5 Å². The molecule has 0 atom stereocenters. The minimum absolute atomic E-state index is 0.314. The molecule has 3 aliphatic rings. The molecule has 0 saturated heterocycles. The van der Waals surface area contributed by atoms with Crippen LogP contribution in [0.1, 0.15) is 109 Å². The average Bonchev–Trinajstić information content (AvgIpc) is 3.70. The fourth-order valence-electron chi connectivity index (χ4n) is 6.11. The fraction of sp³-hybridized carbons (Fsp3) is 0.759. The van der Waals surface area contributed by atoms with Gasteiger partial charge >= 0.3 is 0 Å². The molecule has 0 bridgehead atoms. The number of hydrogen-bond donors (Lipinski definition) is 2. The van der Waals surface area contributed by atoms with Crippen molar-refractivity contribution in [2.75, 3.05) is 30.3 Å². The molecule has 4 nitrogen and oxygen atoms in total. The van der Waals surface area contributed by atoms with Crippen molar-refractivity contribution < 1.29 is 4.79 Å². The molecule has 1 aromatic carbocycles. The Kier molecular flexibility index (Phi) is 8.97. The van der Waals surface area contributed by atoms with Gasteiger partial charge in [-0.25, -0.2) is 0 Å². The molecule has 3 saturated carbocycles. The van der Waals surface area contributed by atoms with Crippen molar-refractivity contribution in [3.63, 3.8) is 0 Å². The molecule has 2 N–H and O–H groups in total. The minimum Gasteiger partial charge on any atom is -0.383 e. The van der Waals surface area contributed by atoms with Crippen LogP contribution in [0.4, 0.5) is 11.4 Å². The molecule has 3 aliphatic carbocycles. The number of carbonyl (C=O) groups is 1. The topological polar surface area (TPSA) is 44.4 Å². The Balaban J connectivity index is 1.31. The minimum atomic E-state index is 0.314. The summed E-state index contributed by atoms with van der Waals surface area (Å²) in [6, 6.07) is 7.38. The smallest absolute Gasteiger partial charge is 0.224 e. The summed E-state index contributed by atoms with van der Waals surface area (Å²) in [5.41, 5.74) is 3.88. The maximum atomic E-state index is 13.0. The van der Waals surface area contributed by atoms with Gasteiger partial charge in [0.1, 0.15) is 0 Å². The molecule has 1 amide bonds. The van der Waals surface area contributed by atoms with Gasteiger partial charge in [0.2, 0.25) is 5.91 Å². The van der Waals surface area contributed by atoms with E-state index >= 15 is 0 Å². The van der Waals surface area contributed by atoms with Gasteiger partial charge in [0.25, 0.3) is 0 Å². The van der Waals surface area contributed by atoms with E-state index < -0.39 is 0 Å². The Morgan fingerprint density at radius 3 is 2.27 bits per heavy atom. The highest BCUT2D eigenvalue weighted by Gasteiger charge is 2.26. The first-order valence-electron chi connectivity index (χ1n) is 14.1. The van der Waals surface area contributed by atoms with Crippen molar-refractivity contribution in [3.05, 3.63) is 23.8 Å². The van der Waals surface area contributed by atoms with Crippen LogP contribution in [-0.4, -0.2) is 36.5 Å². The summed E-state index contributed by atoms with van der Waals surface area (Å²) in [4.78, 5) is 15.1. The number of hydrogen-bond acceptors (Lipinski definition) is 3. The highest BCUT2D eigenvalue weighted by Crippen LogP contribution is 2.42. The van der Waals surface area contributed by atoms with Gasteiger partial charge in [-0.1, -0.05) is 51.5 Å². The summed E-state index contributed by atoms with van der Waals surface area (Å²) in [5.74, 6) is 2.81. The van der Waals surface area contributed by atoms with Crippen molar-refractivity contribution in [2.45, 2.75) is 109 Å². The zero-order valence-corrected chi connectivity index (χ0v) is 21.2. The molecule has 184 valence electrons. The third-order valence-corrected chi connectivity index (χ3v) is 8.55. The van der Waals surface area contributed by atoms with E-state index in [1.165, 1.54) is 88.3 Å². The van der Waals surface area contributed by atoms with Gasteiger partial charge in [-0.2, -0.15) is 0 Å². The first-order chi connectivity index (χ1) is 16.2. The number of carbonyl (C=O) groups excluding carboxylic acids is 1. The van der Waals surface area contributed by atoms with Crippen LogP contribution in [0.25, 0.3) is 0 Å². The summed E-state index contributed by atoms with van der Waals surface area (Å²) in [5, 5.41) is 7.41. The maximum absolute atomic E-state index is 13.0. The van der Waals surface area contributed by atoms with Crippen LogP contribution in [-0.2, 0) is 4.79 Å². The zero-order chi connectivity index (χ0) is 23.0. The molecular formula is C29H47N3O. The fourth-order valence-corrected chi connectivity index (χ4v) is 6.11. The van der Waals surface area contributed by atoms with Gasteiger partial charge < -0.3 is 15.5 Å². The van der Waals surface area contributed by atoms with E-state index in [-0.39, 0.29) is 0 Å². The van der Waals surface area contributed by atoms with Crippen molar-refractivity contribution >= 4 is 17.3 Å². The largest absolute Gasteiger partial charge is 0.383 e. The number of rotatable bonds is 11. The molecule has 0 radical (unpaired) electrons. The lowest BCUT2D eigenvalue weighted by Gasteiger charge is -2.33. The monoisotopic (exact) mass is 453 g/mol. The SMILES string of the molecule is CCN(C(=O)CCNc1ccc(C2CC2)cc1NC[C@H]1CC[C@H](CC)CC1)C1CCCCC1. The molecule has 0 unspecified atom stereocenters. The van der Waals surface area contributed by atoms with Gasteiger partial charge in [-0.05, 0) is 80.9 Å². The highest BCUT2D eigenvalue weighted by atomic mass is 16.2. The van der Waals surface area contributed by atoms with Crippen LogP contribution in [0.15, 0.2) is 18.2 Å². The van der Waals surface area contributed by atoms with Crippen LogP contribution in [0.3, 0.4) is 0 Å². The maximum Gasteiger partial charge on any atom is 0.224 e. The van der Waals surface area contributed by atoms with E-state index in [9.17, 15) is 4.79 Å². The predicted molar refractivity (Wildman–Crippen MR) is 140 cm³/mol. The third kappa shape index (κ3) is 6.90. The molecule has 0 aliphatic heterocycles. The Labute approximate surface area is 202 Å². The summed E-state index contributed by atoms with van der Waals surface area (Å²) in [6.45, 7) is 7.09. The molecular weight excluding hydrogens is 406 g/mol. The van der Waals surface area contributed by atoms with Crippen molar-refractivity contribution in [1.82, 2.24) is 4.90 Å². The van der Waals surface area contributed by atoms with Crippen molar-refractivity contribution in [2.24, 2.45) is 11.8 Å². The lowest BCUT2D eigenvalue weighted by atomic mass is 9.81. The number of anilines is 2. The van der Waals surface area contributed by atoms with Crippen LogP contribution >= 0.6 is 0 Å². The lowest BCUT2D eigenvalue weighted by Crippen LogP contribution is -2.41. The second kappa shape index (κ2) is 12.1. The summed E-state index contributed by atoms with van der Waals surface area (Å²) in [6.07, 6.45) is 16.3. The van der Waals surface area contributed by atoms with Crippen LogP contribution in [0.5, 0.6) is 0 Å². The summed E-state index contributed by atoms with van der Waals surface area (Å²) < 4.78 is 0. The van der Waals surface area contributed by atoms with E-state index in [1.54, 1.807) is 0 Å². The van der Waals surface area contributed by atoms with Crippen molar-refractivity contribution in [1.29, 1.82) is 0 Å². The number of nitrogens with zero attached hydrogens (tertiary/aromatic N) is 1. The Morgan fingerprint density at radius 1 is 0.879 bits per heavy atom. The summed E-state index contributed by atoms with van der Waals surface area (Å²) in [7, 11) is 0. The Bertz CT molecular complexity index is 745. The molecule has 0 spiro atoms. The first kappa shape index (κ1) is 24.4. The van der Waals surface area contributed by atoms with E-state index in [0.29, 0.717) is 24.9 Å². The Hall–Kier alpha value is -1.71. The second-order valence-corrected chi connectivity index (χ2v) is 10.9. The van der Waals surface area contributed by atoms with Crippen molar-refractivity contribution in [3.8, 4) is 0 Å². The molecule has 0 heterocycles. The standard InChI is InChI=1S/C29H47N3O/c1-3-22-10-12-23(13-11-22)21-31-28-20-25(24-14-15-24)16-17-27(28)30-19-18-29(33)32(4-2)26-8-6-5-7-9-26/h16-17,20,22-24,26,30-31H,3-15,18-19,21H2,1-2H3/t22-,23-. The molecule has 0 aromatic heterocycles. The van der Waals surface area contributed by atoms with Gasteiger partial charge in [0, 0.05) is 32.1 Å². The van der Waals surface area contributed by atoms with E-state index in [1.807, 2.05) is 0 Å². The van der Waals surface area contributed by atoms with Crippen LogP contribution in [0.2, 0.25) is 0 Å². The first-order valence-corrected chi connectivity index (χ1v) is 14.1. The zero-order valence-electron chi connectivity index (χ0n) is 21.2. The number of amides is 1. The number of benzene rings is 1. The predicted octanol–water partition coefficient (Wildman–Crippen LogP) is 7.18. The van der Waals surface area contributed by atoms with E-state index in [4.69, 9.17) is 0 Å². The van der Waals surface area contributed by atoms with E-state index in [2.05, 4.69) is 47.6 Å². The average molecular weight is 454 g/mol.